The minimum absolute atomic E-state index is 0.0947. The van der Waals surface area contributed by atoms with Crippen LogP contribution >= 0.6 is 0 Å². The van der Waals surface area contributed by atoms with E-state index in [1.807, 2.05) is 18.2 Å². The summed E-state index contributed by atoms with van der Waals surface area (Å²) in [4.78, 5) is 28.5. The molecule has 1 fully saturated rings. The van der Waals surface area contributed by atoms with Crippen LogP contribution in [0, 0.1) is 0 Å². The highest BCUT2D eigenvalue weighted by atomic mass is 16.2. The first-order valence-corrected chi connectivity index (χ1v) is 6.12. The number of piperidine rings is 1. The molecule has 0 bridgehead atoms. The standard InChI is InChI=1S/C13H17N3O2/c1-16-12(17)6-5-11(13(16)18)15-9-7-10-4-2-3-8-14-10/h2-4,8,11,15H,5-7,9H2,1H3. The predicted molar refractivity (Wildman–Crippen MR) is 66.7 cm³/mol. The summed E-state index contributed by atoms with van der Waals surface area (Å²) in [7, 11) is 1.54. The van der Waals surface area contributed by atoms with Gasteiger partial charge >= 0.3 is 0 Å². The van der Waals surface area contributed by atoms with Gasteiger partial charge in [-0.1, -0.05) is 6.07 Å². The lowest BCUT2D eigenvalue weighted by atomic mass is 10.0. The number of pyridine rings is 1. The van der Waals surface area contributed by atoms with Crippen LogP contribution < -0.4 is 5.32 Å². The molecule has 2 rings (SSSR count). The molecule has 2 heterocycles. The molecule has 0 saturated carbocycles. The highest BCUT2D eigenvalue weighted by Gasteiger charge is 2.30. The van der Waals surface area contributed by atoms with Crippen LogP contribution in [-0.2, 0) is 16.0 Å². The Morgan fingerprint density at radius 2 is 2.28 bits per heavy atom. The Morgan fingerprint density at radius 1 is 1.44 bits per heavy atom. The monoisotopic (exact) mass is 247 g/mol. The Hall–Kier alpha value is -1.75. The zero-order chi connectivity index (χ0) is 13.0. The molecule has 5 heteroatoms. The zero-order valence-corrected chi connectivity index (χ0v) is 10.4. The van der Waals surface area contributed by atoms with Crippen LogP contribution in [0.2, 0.25) is 0 Å². The van der Waals surface area contributed by atoms with E-state index >= 15 is 0 Å². The highest BCUT2D eigenvalue weighted by Crippen LogP contribution is 2.11. The molecule has 1 aliphatic rings. The van der Waals surface area contributed by atoms with Crippen LogP contribution in [0.15, 0.2) is 24.4 Å². The van der Waals surface area contributed by atoms with E-state index in [9.17, 15) is 9.59 Å². The maximum atomic E-state index is 11.8. The molecule has 1 aromatic rings. The molecule has 1 N–H and O–H groups in total. The van der Waals surface area contributed by atoms with Gasteiger partial charge in [0.15, 0.2) is 0 Å². The minimum atomic E-state index is -0.239. The number of nitrogens with one attached hydrogen (secondary N) is 1. The summed E-state index contributed by atoms with van der Waals surface area (Å²) in [5, 5.41) is 3.19. The number of amides is 2. The fourth-order valence-electron chi connectivity index (χ4n) is 2.03. The third-order valence-electron chi connectivity index (χ3n) is 3.15. The topological polar surface area (TPSA) is 62.3 Å². The van der Waals surface area contributed by atoms with Gasteiger partial charge in [0.05, 0.1) is 6.04 Å². The van der Waals surface area contributed by atoms with Crippen molar-refractivity contribution in [1.29, 1.82) is 0 Å². The lowest BCUT2D eigenvalue weighted by molar-refractivity contribution is -0.148. The fourth-order valence-corrected chi connectivity index (χ4v) is 2.03. The molecule has 5 nitrogen and oxygen atoms in total. The number of aromatic nitrogens is 1. The molecule has 1 aromatic heterocycles. The number of hydrogen-bond donors (Lipinski definition) is 1. The molecule has 1 atom stereocenters. The molecule has 0 spiro atoms. The first kappa shape index (κ1) is 12.7. The smallest absolute Gasteiger partial charge is 0.246 e. The minimum Gasteiger partial charge on any atom is -0.305 e. The zero-order valence-electron chi connectivity index (χ0n) is 10.4. The largest absolute Gasteiger partial charge is 0.305 e. The third-order valence-corrected chi connectivity index (χ3v) is 3.15. The second-order valence-electron chi connectivity index (χ2n) is 4.41. The summed E-state index contributed by atoms with van der Waals surface area (Å²) in [6, 6.07) is 5.54. The van der Waals surface area contributed by atoms with E-state index in [0.29, 0.717) is 19.4 Å². The average Bonchev–Trinajstić information content (AvgIpc) is 2.40. The number of carbonyl (C=O) groups excluding carboxylic acids is 2. The maximum absolute atomic E-state index is 11.8. The Balaban J connectivity index is 1.80. The summed E-state index contributed by atoms with van der Waals surface area (Å²) in [6.45, 7) is 0.690. The van der Waals surface area contributed by atoms with Crippen molar-refractivity contribution >= 4 is 11.8 Å². The number of imide groups is 1. The molecule has 0 radical (unpaired) electrons. The van der Waals surface area contributed by atoms with Crippen LogP contribution in [0.1, 0.15) is 18.5 Å². The highest BCUT2D eigenvalue weighted by molar-refractivity contribution is 6.00. The van der Waals surface area contributed by atoms with Gasteiger partial charge < -0.3 is 5.32 Å². The summed E-state index contributed by atoms with van der Waals surface area (Å²) in [5.41, 5.74) is 0.998. The molecular formula is C13H17N3O2. The van der Waals surface area contributed by atoms with E-state index in [1.54, 1.807) is 6.20 Å². The van der Waals surface area contributed by atoms with Crippen molar-refractivity contribution in [3.63, 3.8) is 0 Å². The molecule has 1 saturated heterocycles. The van der Waals surface area contributed by atoms with E-state index in [2.05, 4.69) is 10.3 Å². The van der Waals surface area contributed by atoms with Crippen molar-refractivity contribution in [2.75, 3.05) is 13.6 Å². The SMILES string of the molecule is CN1C(=O)CCC(NCCc2ccccn2)C1=O. The second kappa shape index (κ2) is 5.73. The summed E-state index contributed by atoms with van der Waals surface area (Å²) >= 11 is 0. The quantitative estimate of drug-likeness (QED) is 0.780. The average molecular weight is 247 g/mol. The molecule has 1 unspecified atom stereocenters. The lowest BCUT2D eigenvalue weighted by Gasteiger charge is -2.28. The lowest BCUT2D eigenvalue weighted by Crippen LogP contribution is -2.51. The number of likely N-dealkylation sites (tertiary alicyclic amines) is 1. The van der Waals surface area contributed by atoms with Crippen LogP contribution in [0.5, 0.6) is 0 Å². The number of nitrogens with zero attached hydrogens (tertiary/aromatic N) is 2. The summed E-state index contributed by atoms with van der Waals surface area (Å²) in [5.74, 6) is -0.227. The fraction of sp³-hybridized carbons (Fsp3) is 0.462. The van der Waals surface area contributed by atoms with Crippen molar-refractivity contribution in [1.82, 2.24) is 15.2 Å². The van der Waals surface area contributed by atoms with Crippen LogP contribution in [0.4, 0.5) is 0 Å². The van der Waals surface area contributed by atoms with E-state index in [1.165, 1.54) is 11.9 Å². The van der Waals surface area contributed by atoms with Gasteiger partial charge in [-0.2, -0.15) is 0 Å². The van der Waals surface area contributed by atoms with Gasteiger partial charge in [-0.05, 0) is 18.6 Å². The Labute approximate surface area is 106 Å². The van der Waals surface area contributed by atoms with Gasteiger partial charge in [-0.25, -0.2) is 0 Å². The molecule has 2 amide bonds. The van der Waals surface area contributed by atoms with Gasteiger partial charge in [0.1, 0.15) is 0 Å². The van der Waals surface area contributed by atoms with E-state index in [4.69, 9.17) is 0 Å². The van der Waals surface area contributed by atoms with Crippen molar-refractivity contribution in [3.05, 3.63) is 30.1 Å². The molecule has 96 valence electrons. The van der Waals surface area contributed by atoms with E-state index in [-0.39, 0.29) is 17.9 Å². The Kier molecular flexibility index (Phi) is 4.04. The number of likely N-dealkylation sites (N-methyl/N-ethyl adjacent to an activating group) is 1. The first-order valence-electron chi connectivity index (χ1n) is 6.12. The van der Waals surface area contributed by atoms with E-state index in [0.717, 1.165) is 12.1 Å². The van der Waals surface area contributed by atoms with Gasteiger partial charge in [-0.3, -0.25) is 19.5 Å². The molecule has 0 aliphatic carbocycles. The summed E-state index contributed by atoms with van der Waals surface area (Å²) in [6.07, 6.45) is 3.56. The van der Waals surface area contributed by atoms with Gasteiger partial charge in [-0.15, -0.1) is 0 Å². The van der Waals surface area contributed by atoms with Crippen LogP contribution in [0.25, 0.3) is 0 Å². The maximum Gasteiger partial charge on any atom is 0.246 e. The van der Waals surface area contributed by atoms with Crippen molar-refractivity contribution < 1.29 is 9.59 Å². The van der Waals surface area contributed by atoms with Crippen molar-refractivity contribution in [3.8, 4) is 0 Å². The van der Waals surface area contributed by atoms with Gasteiger partial charge in [0.25, 0.3) is 0 Å². The normalized spacial score (nSPS) is 20.3. The Morgan fingerprint density at radius 3 is 3.00 bits per heavy atom. The molecular weight excluding hydrogens is 230 g/mol. The van der Waals surface area contributed by atoms with Crippen LogP contribution in [0.3, 0.4) is 0 Å². The van der Waals surface area contributed by atoms with Gasteiger partial charge in [0, 0.05) is 38.3 Å². The second-order valence-corrected chi connectivity index (χ2v) is 4.41. The third kappa shape index (κ3) is 2.92. The number of carbonyl (C=O) groups is 2. The molecule has 1 aliphatic heterocycles. The van der Waals surface area contributed by atoms with Gasteiger partial charge in [0.2, 0.25) is 11.8 Å². The number of rotatable bonds is 4. The first-order chi connectivity index (χ1) is 8.68. The Bertz CT molecular complexity index is 433. The van der Waals surface area contributed by atoms with E-state index < -0.39 is 0 Å². The van der Waals surface area contributed by atoms with Crippen molar-refractivity contribution in [2.24, 2.45) is 0 Å². The van der Waals surface area contributed by atoms with Crippen LogP contribution in [-0.4, -0.2) is 41.3 Å². The molecule has 0 aromatic carbocycles. The number of hydrogen-bond acceptors (Lipinski definition) is 4. The predicted octanol–water partition coefficient (Wildman–Crippen LogP) is 0.361. The summed E-state index contributed by atoms with van der Waals surface area (Å²) < 4.78 is 0. The van der Waals surface area contributed by atoms with Crippen molar-refractivity contribution in [2.45, 2.75) is 25.3 Å². The molecule has 18 heavy (non-hydrogen) atoms.